The van der Waals surface area contributed by atoms with Crippen LogP contribution < -0.4 is 10.6 Å². The summed E-state index contributed by atoms with van der Waals surface area (Å²) in [4.78, 5) is 8.66. The van der Waals surface area contributed by atoms with E-state index in [9.17, 15) is 0 Å². The molecule has 3 rings (SSSR count). The van der Waals surface area contributed by atoms with Crippen molar-refractivity contribution in [1.29, 1.82) is 0 Å². The zero-order valence-electron chi connectivity index (χ0n) is 9.61. The second-order valence-corrected chi connectivity index (χ2v) is 5.91. The molecule has 4 heteroatoms. The lowest BCUT2D eigenvalue weighted by Gasteiger charge is -2.25. The highest BCUT2D eigenvalue weighted by Gasteiger charge is 2.24. The van der Waals surface area contributed by atoms with Gasteiger partial charge in [0.1, 0.15) is 0 Å². The molecular weight excluding hydrogens is 218 g/mol. The van der Waals surface area contributed by atoms with Crippen LogP contribution in [0.1, 0.15) is 48.7 Å². The molecule has 0 saturated carbocycles. The number of hydrogen-bond acceptors (Lipinski definition) is 4. The molecule has 0 bridgehead atoms. The number of fused-ring (bicyclic) bond motifs is 1. The van der Waals surface area contributed by atoms with Gasteiger partial charge in [-0.3, -0.25) is 0 Å². The molecule has 2 heterocycles. The summed E-state index contributed by atoms with van der Waals surface area (Å²) >= 11 is 1.88. The van der Waals surface area contributed by atoms with Crippen LogP contribution in [0.2, 0.25) is 0 Å². The van der Waals surface area contributed by atoms with Gasteiger partial charge in [-0.2, -0.15) is 0 Å². The molecule has 1 saturated heterocycles. The molecule has 1 aliphatic heterocycles. The molecule has 1 aromatic heterocycles. The number of hydrogen-bond donors (Lipinski definition) is 1. The minimum atomic E-state index is 0.193. The van der Waals surface area contributed by atoms with Gasteiger partial charge in [-0.25, -0.2) is 4.98 Å². The lowest BCUT2D eigenvalue weighted by molar-refractivity contribution is 0.557. The van der Waals surface area contributed by atoms with Crippen LogP contribution in [0.5, 0.6) is 0 Å². The summed E-state index contributed by atoms with van der Waals surface area (Å²) in [5.41, 5.74) is 7.31. The Balaban J connectivity index is 1.85. The first kappa shape index (κ1) is 10.5. The predicted molar refractivity (Wildman–Crippen MR) is 68.0 cm³/mol. The average Bonchev–Trinajstić information content (AvgIpc) is 2.76. The molecule has 1 aliphatic carbocycles. The van der Waals surface area contributed by atoms with Crippen LogP contribution in [0.15, 0.2) is 0 Å². The molecule has 1 unspecified atom stereocenters. The van der Waals surface area contributed by atoms with Gasteiger partial charge in [0.05, 0.1) is 5.69 Å². The number of aromatic nitrogens is 1. The number of thiazole rings is 1. The minimum Gasteiger partial charge on any atom is -0.348 e. The van der Waals surface area contributed by atoms with Crippen LogP contribution in [-0.4, -0.2) is 18.1 Å². The maximum absolute atomic E-state index is 6.11. The molecule has 0 radical (unpaired) electrons. The van der Waals surface area contributed by atoms with E-state index in [-0.39, 0.29) is 6.04 Å². The Bertz CT molecular complexity index is 368. The first-order valence-corrected chi connectivity index (χ1v) is 7.16. The van der Waals surface area contributed by atoms with E-state index in [0.717, 1.165) is 6.42 Å². The van der Waals surface area contributed by atoms with Crippen molar-refractivity contribution < 1.29 is 0 Å². The van der Waals surface area contributed by atoms with Crippen molar-refractivity contribution in [3.63, 3.8) is 0 Å². The minimum absolute atomic E-state index is 0.193. The maximum atomic E-state index is 6.11. The Morgan fingerprint density at radius 1 is 1.19 bits per heavy atom. The fraction of sp³-hybridized carbons (Fsp3) is 0.750. The highest BCUT2D eigenvalue weighted by molar-refractivity contribution is 7.15. The van der Waals surface area contributed by atoms with Crippen LogP contribution in [0.4, 0.5) is 5.13 Å². The van der Waals surface area contributed by atoms with E-state index >= 15 is 0 Å². The Morgan fingerprint density at radius 2 is 2.00 bits per heavy atom. The molecular formula is C12H19N3S. The standard InChI is InChI=1S/C12H19N3S/c13-9-5-4-6-10-11(9)14-12(16-10)15-7-2-1-3-8-15/h9H,1-8,13H2. The number of nitrogens with two attached hydrogens (primary N) is 1. The van der Waals surface area contributed by atoms with E-state index in [0.29, 0.717) is 0 Å². The van der Waals surface area contributed by atoms with Crippen molar-refractivity contribution in [2.75, 3.05) is 18.0 Å². The zero-order chi connectivity index (χ0) is 11.0. The summed E-state index contributed by atoms with van der Waals surface area (Å²) in [5, 5.41) is 1.22. The smallest absolute Gasteiger partial charge is 0.185 e. The van der Waals surface area contributed by atoms with E-state index < -0.39 is 0 Å². The van der Waals surface area contributed by atoms with Gasteiger partial charge in [-0.05, 0) is 38.5 Å². The molecule has 2 aliphatic rings. The lowest BCUT2D eigenvalue weighted by atomic mass is 9.99. The molecule has 16 heavy (non-hydrogen) atoms. The molecule has 1 atom stereocenters. The fourth-order valence-electron chi connectivity index (χ4n) is 2.66. The summed E-state index contributed by atoms with van der Waals surface area (Å²) in [5.74, 6) is 0. The summed E-state index contributed by atoms with van der Waals surface area (Å²) in [7, 11) is 0. The van der Waals surface area contributed by atoms with Crippen LogP contribution in [0.25, 0.3) is 0 Å². The normalized spacial score (nSPS) is 25.6. The van der Waals surface area contributed by atoms with Crippen molar-refractivity contribution in [3.8, 4) is 0 Å². The zero-order valence-corrected chi connectivity index (χ0v) is 10.4. The van der Waals surface area contributed by atoms with E-state index in [4.69, 9.17) is 10.7 Å². The highest BCUT2D eigenvalue weighted by Crippen LogP contribution is 2.36. The van der Waals surface area contributed by atoms with Crippen LogP contribution >= 0.6 is 11.3 Å². The van der Waals surface area contributed by atoms with Crippen molar-refractivity contribution in [2.45, 2.75) is 44.6 Å². The SMILES string of the molecule is NC1CCCc2sc(N3CCCCC3)nc21. The number of aryl methyl sites for hydroxylation is 1. The second kappa shape index (κ2) is 4.34. The van der Waals surface area contributed by atoms with Gasteiger partial charge >= 0.3 is 0 Å². The van der Waals surface area contributed by atoms with Gasteiger partial charge < -0.3 is 10.6 Å². The van der Waals surface area contributed by atoms with Crippen LogP contribution in [0, 0.1) is 0 Å². The van der Waals surface area contributed by atoms with E-state index in [1.165, 1.54) is 60.9 Å². The van der Waals surface area contributed by atoms with E-state index in [1.807, 2.05) is 11.3 Å². The molecule has 1 aromatic rings. The quantitative estimate of drug-likeness (QED) is 0.816. The monoisotopic (exact) mass is 237 g/mol. The van der Waals surface area contributed by atoms with E-state index in [2.05, 4.69) is 4.90 Å². The van der Waals surface area contributed by atoms with Crippen molar-refractivity contribution >= 4 is 16.5 Å². The predicted octanol–water partition coefficient (Wildman–Crippen LogP) is 2.47. The van der Waals surface area contributed by atoms with Crippen LogP contribution in [0.3, 0.4) is 0 Å². The topological polar surface area (TPSA) is 42.1 Å². The van der Waals surface area contributed by atoms with Gasteiger partial charge in [0.2, 0.25) is 0 Å². The fourth-order valence-corrected chi connectivity index (χ4v) is 3.88. The largest absolute Gasteiger partial charge is 0.348 e. The van der Waals surface area contributed by atoms with Gasteiger partial charge in [0.15, 0.2) is 5.13 Å². The summed E-state index contributed by atoms with van der Waals surface area (Å²) in [6.45, 7) is 2.36. The maximum Gasteiger partial charge on any atom is 0.185 e. The summed E-state index contributed by atoms with van der Waals surface area (Å²) < 4.78 is 0. The third-order valence-electron chi connectivity index (χ3n) is 3.61. The molecule has 0 amide bonds. The van der Waals surface area contributed by atoms with Gasteiger partial charge in [0.25, 0.3) is 0 Å². The number of anilines is 1. The summed E-state index contributed by atoms with van der Waals surface area (Å²) in [6, 6.07) is 0.193. The average molecular weight is 237 g/mol. The Hall–Kier alpha value is -0.610. The lowest BCUT2D eigenvalue weighted by Crippen LogP contribution is -2.29. The van der Waals surface area contributed by atoms with Crippen LogP contribution in [-0.2, 0) is 6.42 Å². The van der Waals surface area contributed by atoms with Gasteiger partial charge in [-0.1, -0.05) is 0 Å². The first-order valence-electron chi connectivity index (χ1n) is 6.35. The van der Waals surface area contributed by atoms with E-state index in [1.54, 1.807) is 0 Å². The number of rotatable bonds is 1. The molecule has 88 valence electrons. The van der Waals surface area contributed by atoms with Crippen molar-refractivity contribution in [2.24, 2.45) is 5.73 Å². The molecule has 0 spiro atoms. The molecule has 3 nitrogen and oxygen atoms in total. The number of nitrogens with zero attached hydrogens (tertiary/aromatic N) is 2. The third-order valence-corrected chi connectivity index (χ3v) is 4.80. The molecule has 2 N–H and O–H groups in total. The van der Waals surface area contributed by atoms with Crippen molar-refractivity contribution in [1.82, 2.24) is 4.98 Å². The van der Waals surface area contributed by atoms with Crippen molar-refractivity contribution in [3.05, 3.63) is 10.6 Å². The second-order valence-electron chi connectivity index (χ2n) is 4.85. The van der Waals surface area contributed by atoms with Gasteiger partial charge in [0, 0.05) is 24.0 Å². The highest BCUT2D eigenvalue weighted by atomic mass is 32.1. The third kappa shape index (κ3) is 1.84. The Morgan fingerprint density at radius 3 is 2.75 bits per heavy atom. The Labute approximate surface area is 101 Å². The molecule has 1 fully saturated rings. The van der Waals surface area contributed by atoms with Gasteiger partial charge in [-0.15, -0.1) is 11.3 Å². The first-order chi connectivity index (χ1) is 7.84. The number of piperidine rings is 1. The summed E-state index contributed by atoms with van der Waals surface area (Å²) in [6.07, 6.45) is 7.54. The molecule has 0 aromatic carbocycles. The Kier molecular flexibility index (Phi) is 2.86.